The molecule has 0 aromatic rings. The Labute approximate surface area is 195 Å². The molecule has 0 heterocycles. The van der Waals surface area contributed by atoms with Crippen LogP contribution in [-0.2, 0) is 26.6 Å². The molecule has 0 aromatic carbocycles. The highest BCUT2D eigenvalue weighted by Gasteiger charge is 2.39. The van der Waals surface area contributed by atoms with Gasteiger partial charge >= 0.3 is 7.74 Å². The molecule has 0 saturated heterocycles. The Balaban J connectivity index is 6.05. The van der Waals surface area contributed by atoms with E-state index in [1.165, 1.54) is 7.11 Å². The van der Waals surface area contributed by atoms with Crippen molar-refractivity contribution in [3.63, 3.8) is 0 Å². The van der Waals surface area contributed by atoms with E-state index in [0.717, 1.165) is 0 Å². The van der Waals surface area contributed by atoms with Crippen LogP contribution < -0.4 is 0 Å². The molecule has 0 aliphatic heterocycles. The van der Waals surface area contributed by atoms with E-state index in [1.54, 1.807) is 0 Å². The van der Waals surface area contributed by atoms with E-state index in [-0.39, 0.29) is 25.4 Å². The summed E-state index contributed by atoms with van der Waals surface area (Å²) in [6.45, 7) is 25.4. The maximum Gasteiger partial charge on any atom is 0.362 e. The molecular weight excluding hydrogens is 486 g/mol. The van der Waals surface area contributed by atoms with E-state index in [2.05, 4.69) is 83.5 Å². The van der Waals surface area contributed by atoms with Crippen LogP contribution in [0, 0.1) is 0 Å². The lowest BCUT2D eigenvalue weighted by Crippen LogP contribution is -2.47. The average Bonchev–Trinajstić information content (AvgIpc) is 2.45. The molecule has 188 valence electrons. The Kier molecular flexibility index (Phi) is 12.8. The van der Waals surface area contributed by atoms with Crippen LogP contribution in [0.5, 0.6) is 0 Å². The fourth-order valence-corrected chi connectivity index (χ4v) is 12.3. The molecule has 0 aliphatic rings. The van der Waals surface area contributed by atoms with Crippen molar-refractivity contribution in [2.45, 2.75) is 97.2 Å². The largest absolute Gasteiger partial charge is 0.412 e. The lowest BCUT2D eigenvalue weighted by Gasteiger charge is -2.38. The smallest absolute Gasteiger partial charge is 0.362 e. The van der Waals surface area contributed by atoms with Crippen LogP contribution in [0.1, 0.15) is 6.42 Å². The van der Waals surface area contributed by atoms with Crippen molar-refractivity contribution >= 4 is 41.0 Å². The second kappa shape index (κ2) is 12.5. The molecule has 0 rings (SSSR count). The van der Waals surface area contributed by atoms with Gasteiger partial charge in [0.25, 0.3) is 0 Å². The van der Waals surface area contributed by atoms with Crippen LogP contribution >= 0.6 is 7.74 Å². The molecule has 0 aliphatic carbocycles. The quantitative estimate of drug-likeness (QED) is 0.156. The first-order valence-electron chi connectivity index (χ1n) is 10.9. The molecule has 0 aromatic heterocycles. The summed E-state index contributed by atoms with van der Waals surface area (Å²) in [6.07, 6.45) is -0.182. The first kappa shape index (κ1) is 31.8. The van der Waals surface area contributed by atoms with Gasteiger partial charge in [-0.3, -0.25) is 9.36 Å². The van der Waals surface area contributed by atoms with E-state index in [1.807, 2.05) is 0 Å². The Morgan fingerprint density at radius 1 is 0.710 bits per heavy atom. The zero-order valence-electron chi connectivity index (χ0n) is 22.1. The van der Waals surface area contributed by atoms with Gasteiger partial charge in [0.05, 0.1) is 25.9 Å². The van der Waals surface area contributed by atoms with Gasteiger partial charge in [-0.15, -0.1) is 0 Å². The zero-order valence-corrected chi connectivity index (χ0v) is 27.0. The monoisotopic (exact) mass is 533 g/mol. The van der Waals surface area contributed by atoms with Crippen LogP contribution in [0.3, 0.4) is 0 Å². The summed E-state index contributed by atoms with van der Waals surface area (Å²) < 4.78 is 32.0. The average molecular weight is 534 g/mol. The maximum absolute atomic E-state index is 9.68. The summed E-state index contributed by atoms with van der Waals surface area (Å²) in [5.74, 6) is 0. The Morgan fingerprint density at radius 3 is 1.45 bits per heavy atom. The van der Waals surface area contributed by atoms with Crippen LogP contribution in [-0.4, -0.2) is 70.9 Å². The normalized spacial score (nSPS) is 16.3. The van der Waals surface area contributed by atoms with Gasteiger partial charge < -0.3 is 22.4 Å². The minimum Gasteiger partial charge on any atom is -0.412 e. The highest BCUT2D eigenvalue weighted by Crippen LogP contribution is 2.57. The summed E-state index contributed by atoms with van der Waals surface area (Å²) >= 11 is 0. The Hall–Kier alpha value is 0.818. The lowest BCUT2D eigenvalue weighted by atomic mass is 10.1. The van der Waals surface area contributed by atoms with Crippen molar-refractivity contribution in [1.82, 2.24) is 0 Å². The summed E-state index contributed by atoms with van der Waals surface area (Å²) in [7, 11) is -9.60. The molecular formula is C18H48NO7PSi4. The molecule has 0 unspecified atom stereocenters. The van der Waals surface area contributed by atoms with E-state index in [9.17, 15) is 5.11 Å². The molecule has 2 atom stereocenters. The second-order valence-electron chi connectivity index (χ2n) is 11.5. The summed E-state index contributed by atoms with van der Waals surface area (Å²) in [5, 5.41) is 9.68. The number of aliphatic hydroxyl groups excluding tert-OH is 1. The molecule has 0 radical (unpaired) electrons. The van der Waals surface area contributed by atoms with Crippen molar-refractivity contribution in [3.05, 3.63) is 0 Å². The second-order valence-corrected chi connectivity index (χ2v) is 31.7. The molecule has 8 nitrogen and oxygen atoms in total. The van der Waals surface area contributed by atoms with Gasteiger partial charge in [-0.1, -0.05) is 4.91 Å². The highest BCUT2D eigenvalue weighted by molar-refractivity contribution is 7.54. The third kappa shape index (κ3) is 16.1. The van der Waals surface area contributed by atoms with E-state index in [4.69, 9.17) is 26.6 Å². The number of hydrogen-bond acceptors (Lipinski definition) is 8. The molecule has 13 heteroatoms. The van der Waals surface area contributed by atoms with Gasteiger partial charge in [0.2, 0.25) is 0 Å². The molecule has 1 N–H and O–H groups in total. The Morgan fingerprint density at radius 2 is 1.13 bits per heavy atom. The van der Waals surface area contributed by atoms with E-state index in [0.29, 0.717) is 6.42 Å². The predicted octanol–water partition coefficient (Wildman–Crippen LogP) is 6.04. The summed E-state index contributed by atoms with van der Waals surface area (Å²) in [5.41, 5.74) is 0. The molecule has 0 bridgehead atoms. The Bertz CT molecular complexity index is 563. The molecule has 0 saturated carbocycles. The summed E-state index contributed by atoms with van der Waals surface area (Å²) in [6, 6.07) is 0. The molecule has 0 fully saturated rings. The standard InChI is InChI=1S/C18H48NO7PSi4/c1-21-19-27(25-30(8,9)10,26-31(11,12)13)22-16-18(24-29(5,6)7)17(14-15-20)23-28(2,3)4/h17-18,20H,14-16H2,1-13H3/t17-,18+/m0/s1. The fraction of sp³-hybridized carbons (Fsp3) is 1.00. The van der Waals surface area contributed by atoms with Gasteiger partial charge in [0.1, 0.15) is 0 Å². The first-order valence-corrected chi connectivity index (χ1v) is 26.0. The highest BCUT2D eigenvalue weighted by atomic mass is 31.2. The van der Waals surface area contributed by atoms with Crippen molar-refractivity contribution in [2.75, 3.05) is 20.3 Å². The maximum atomic E-state index is 9.68. The van der Waals surface area contributed by atoms with Crippen molar-refractivity contribution in [1.29, 1.82) is 0 Å². The van der Waals surface area contributed by atoms with Gasteiger partial charge in [0.15, 0.2) is 33.3 Å². The third-order valence-electron chi connectivity index (χ3n) is 3.20. The first-order chi connectivity index (χ1) is 13.7. The summed E-state index contributed by atoms with van der Waals surface area (Å²) in [4.78, 5) is 9.43. The molecule has 31 heavy (non-hydrogen) atoms. The van der Waals surface area contributed by atoms with Crippen LogP contribution in [0.25, 0.3) is 0 Å². The molecule has 0 amide bonds. The lowest BCUT2D eigenvalue weighted by molar-refractivity contribution is -0.00171. The zero-order chi connectivity index (χ0) is 24.7. The van der Waals surface area contributed by atoms with Crippen LogP contribution in [0.4, 0.5) is 0 Å². The van der Waals surface area contributed by atoms with Crippen molar-refractivity contribution in [3.8, 4) is 0 Å². The number of rotatable bonds is 15. The van der Waals surface area contributed by atoms with Crippen molar-refractivity contribution < 1.29 is 31.7 Å². The number of aliphatic hydroxyl groups is 1. The third-order valence-corrected chi connectivity index (χ3v) is 12.3. The van der Waals surface area contributed by atoms with Gasteiger partial charge in [-0.25, -0.2) is 0 Å². The van der Waals surface area contributed by atoms with Crippen molar-refractivity contribution in [2.24, 2.45) is 4.91 Å². The topological polar surface area (TPSA) is 88.0 Å². The van der Waals surface area contributed by atoms with E-state index < -0.39 is 41.0 Å². The fourth-order valence-electron chi connectivity index (χ4n) is 2.66. The SMILES string of the molecule is CON=P(OC[C@@H](O[Si](C)(C)C)[C@H](CCO)O[Si](C)(C)C)(O[Si](C)(C)C)O[Si](C)(C)C. The number of hydrogen-bond donors (Lipinski definition) is 1. The number of nitrogens with zero attached hydrogens (tertiary/aromatic N) is 1. The van der Waals surface area contributed by atoms with Gasteiger partial charge in [-0.2, -0.15) is 0 Å². The minimum atomic E-state index is -3.11. The van der Waals surface area contributed by atoms with Gasteiger partial charge in [0, 0.05) is 6.61 Å². The van der Waals surface area contributed by atoms with Gasteiger partial charge in [-0.05, 0) is 85.0 Å². The predicted molar refractivity (Wildman–Crippen MR) is 139 cm³/mol. The van der Waals surface area contributed by atoms with Crippen LogP contribution in [0.2, 0.25) is 78.6 Å². The van der Waals surface area contributed by atoms with Crippen LogP contribution in [0.15, 0.2) is 4.91 Å². The molecule has 0 spiro atoms. The minimum absolute atomic E-state index is 0.0141. The van der Waals surface area contributed by atoms with E-state index >= 15 is 0 Å².